The highest BCUT2D eigenvalue weighted by molar-refractivity contribution is 6.12. The second-order valence-corrected chi connectivity index (χ2v) is 12.3. The van der Waals surface area contributed by atoms with Gasteiger partial charge >= 0.3 is 6.16 Å². The molecular formula is C35H44N8O10. The minimum absolute atomic E-state index is 0.0681. The van der Waals surface area contributed by atoms with Crippen molar-refractivity contribution in [3.63, 3.8) is 0 Å². The van der Waals surface area contributed by atoms with Crippen molar-refractivity contribution < 1.29 is 43.2 Å². The summed E-state index contributed by atoms with van der Waals surface area (Å²) in [7, 11) is 0. The van der Waals surface area contributed by atoms with Gasteiger partial charge < -0.3 is 36.9 Å². The molecule has 2 aromatic carbocycles. The van der Waals surface area contributed by atoms with Gasteiger partial charge in [0.2, 0.25) is 17.7 Å². The zero-order valence-corrected chi connectivity index (χ0v) is 29.4. The first-order valence-electron chi connectivity index (χ1n) is 16.9. The number of rotatable bonds is 20. The lowest BCUT2D eigenvalue weighted by Gasteiger charge is -2.25. The molecule has 3 rings (SSSR count). The van der Waals surface area contributed by atoms with Crippen molar-refractivity contribution in [2.75, 3.05) is 18.4 Å². The summed E-state index contributed by atoms with van der Waals surface area (Å²) in [6.45, 7) is 3.83. The number of aliphatic imine (C=N–C) groups is 1. The van der Waals surface area contributed by atoms with Crippen LogP contribution in [-0.2, 0) is 35.3 Å². The maximum absolute atomic E-state index is 13.4. The zero-order valence-electron chi connectivity index (χ0n) is 29.4. The number of amides is 5. The lowest BCUT2D eigenvalue weighted by atomic mass is 10.0. The Balaban J connectivity index is 1.52. The van der Waals surface area contributed by atoms with Gasteiger partial charge in [-0.15, -0.1) is 0 Å². The Morgan fingerprint density at radius 2 is 1.55 bits per heavy atom. The molecule has 1 heterocycles. The highest BCUT2D eigenvalue weighted by atomic mass is 16.7. The monoisotopic (exact) mass is 736 g/mol. The topological polar surface area (TPSA) is 268 Å². The van der Waals surface area contributed by atoms with Crippen LogP contribution >= 0.6 is 0 Å². The maximum Gasteiger partial charge on any atom is 0.514 e. The number of hydrogen-bond donors (Lipinski definition) is 5. The van der Waals surface area contributed by atoms with E-state index in [0.29, 0.717) is 36.9 Å². The second kappa shape index (κ2) is 20.5. The zero-order chi connectivity index (χ0) is 38.9. The van der Waals surface area contributed by atoms with Crippen LogP contribution in [-0.4, -0.2) is 76.6 Å². The maximum atomic E-state index is 13.4. The molecule has 0 aliphatic carbocycles. The number of anilines is 1. The number of imide groups is 1. The number of guanidine groups is 1. The van der Waals surface area contributed by atoms with Crippen LogP contribution < -0.4 is 32.2 Å². The van der Waals surface area contributed by atoms with Gasteiger partial charge in [0, 0.05) is 49.5 Å². The molecule has 0 saturated heterocycles. The third-order valence-corrected chi connectivity index (χ3v) is 7.86. The molecule has 53 heavy (non-hydrogen) atoms. The van der Waals surface area contributed by atoms with Crippen LogP contribution in [0.3, 0.4) is 0 Å². The Morgan fingerprint density at radius 3 is 2.15 bits per heavy atom. The summed E-state index contributed by atoms with van der Waals surface area (Å²) < 4.78 is 10.1. The number of nitrogens with one attached hydrogen (secondary N) is 3. The van der Waals surface area contributed by atoms with Gasteiger partial charge in [-0.1, -0.05) is 32.4 Å². The summed E-state index contributed by atoms with van der Waals surface area (Å²) in [6, 6.07) is 9.32. The minimum atomic E-state index is -1.02. The summed E-state index contributed by atoms with van der Waals surface area (Å²) in [4.78, 5) is 90.3. The van der Waals surface area contributed by atoms with E-state index in [-0.39, 0.29) is 73.6 Å². The van der Waals surface area contributed by atoms with Crippen molar-refractivity contribution in [3.05, 3.63) is 76.4 Å². The molecule has 5 amide bonds. The van der Waals surface area contributed by atoms with E-state index >= 15 is 0 Å². The van der Waals surface area contributed by atoms with E-state index in [2.05, 4.69) is 20.9 Å². The van der Waals surface area contributed by atoms with Crippen LogP contribution in [0, 0.1) is 16.0 Å². The van der Waals surface area contributed by atoms with E-state index in [1.807, 2.05) is 0 Å². The summed E-state index contributed by atoms with van der Waals surface area (Å²) in [5.41, 5.74) is 11.6. The number of nitrogens with zero attached hydrogens (tertiary/aromatic N) is 3. The van der Waals surface area contributed by atoms with Gasteiger partial charge in [0.25, 0.3) is 17.5 Å². The minimum Gasteiger partial charge on any atom is -0.429 e. The molecule has 2 atom stereocenters. The molecule has 0 saturated carbocycles. The molecule has 18 heteroatoms. The molecule has 0 radical (unpaired) electrons. The van der Waals surface area contributed by atoms with E-state index in [0.717, 1.165) is 4.90 Å². The van der Waals surface area contributed by atoms with Crippen LogP contribution in [0.15, 0.2) is 65.7 Å². The van der Waals surface area contributed by atoms with E-state index in [1.165, 1.54) is 36.4 Å². The molecule has 2 aromatic rings. The Bertz CT molecular complexity index is 1670. The van der Waals surface area contributed by atoms with Crippen LogP contribution in [0.5, 0.6) is 5.75 Å². The summed E-state index contributed by atoms with van der Waals surface area (Å²) in [6.07, 6.45) is 3.68. The quantitative estimate of drug-likeness (QED) is 0.0192. The SMILES string of the molecule is CC(C)[C@H](NC(=O)CCCCCN1C(=O)C=CC1=O)C(=O)N[C@@H](CCCN=C(N)N)C(=O)Nc1ccc(COC(=O)Oc2ccc([N+](=O)[O-])cc2)cc1. The van der Waals surface area contributed by atoms with Gasteiger partial charge in [-0.3, -0.25) is 44.0 Å². The molecule has 1 aliphatic rings. The van der Waals surface area contributed by atoms with Gasteiger partial charge in [0.15, 0.2) is 5.96 Å². The molecule has 18 nitrogen and oxygen atoms in total. The number of benzene rings is 2. The summed E-state index contributed by atoms with van der Waals surface area (Å²) >= 11 is 0. The number of nitro groups is 1. The number of hydrogen-bond acceptors (Lipinski definition) is 11. The van der Waals surface area contributed by atoms with Crippen molar-refractivity contribution in [1.29, 1.82) is 0 Å². The number of nitro benzene ring substituents is 1. The van der Waals surface area contributed by atoms with Crippen LogP contribution in [0.2, 0.25) is 0 Å². The molecule has 0 bridgehead atoms. The highest BCUT2D eigenvalue weighted by Crippen LogP contribution is 2.18. The molecule has 0 spiro atoms. The predicted molar refractivity (Wildman–Crippen MR) is 192 cm³/mol. The number of nitrogens with two attached hydrogens (primary N) is 2. The van der Waals surface area contributed by atoms with Crippen molar-refractivity contribution in [3.8, 4) is 5.75 Å². The molecule has 0 fully saturated rings. The fourth-order valence-corrected chi connectivity index (χ4v) is 5.02. The van der Waals surface area contributed by atoms with Gasteiger partial charge in [0.1, 0.15) is 24.4 Å². The second-order valence-electron chi connectivity index (χ2n) is 12.3. The fraction of sp³-hybridized carbons (Fsp3) is 0.400. The van der Waals surface area contributed by atoms with Crippen molar-refractivity contribution in [1.82, 2.24) is 15.5 Å². The average molecular weight is 737 g/mol. The van der Waals surface area contributed by atoms with Crippen LogP contribution in [0.1, 0.15) is 57.9 Å². The normalized spacial score (nSPS) is 13.2. The Morgan fingerprint density at radius 1 is 0.887 bits per heavy atom. The number of ether oxygens (including phenoxy) is 2. The molecule has 0 unspecified atom stereocenters. The average Bonchev–Trinajstić information content (AvgIpc) is 3.43. The smallest absolute Gasteiger partial charge is 0.429 e. The molecule has 0 aromatic heterocycles. The first kappa shape index (κ1) is 41.1. The standard InChI is InChI=1S/C35H44N8O10/c1-22(2)31(41-28(44)8-4-3-5-20-42-29(45)17-18-30(42)46)33(48)40-27(7-6-19-38-34(36)37)32(47)39-24-11-9-23(10-12-24)21-52-35(49)53-26-15-13-25(14-16-26)43(50)51/h9-18,22,27,31H,3-8,19-21H2,1-2H3,(H,39,47)(H,40,48)(H,41,44)(H4,36,37,38)/t27-,31-/m0/s1. The number of non-ortho nitro benzene ring substituents is 1. The molecule has 1 aliphatic heterocycles. The first-order chi connectivity index (χ1) is 25.2. The lowest BCUT2D eigenvalue weighted by Crippen LogP contribution is -2.54. The van der Waals surface area contributed by atoms with E-state index in [1.54, 1.807) is 38.1 Å². The Labute approximate surface area is 305 Å². The van der Waals surface area contributed by atoms with Crippen LogP contribution in [0.4, 0.5) is 16.2 Å². The number of carbonyl (C=O) groups excluding carboxylic acids is 6. The third-order valence-electron chi connectivity index (χ3n) is 7.86. The van der Waals surface area contributed by atoms with Crippen molar-refractivity contribution >= 4 is 53.0 Å². The van der Waals surface area contributed by atoms with E-state index in [4.69, 9.17) is 20.9 Å². The molecule has 284 valence electrons. The summed E-state index contributed by atoms with van der Waals surface area (Å²) in [5.74, 6) is -2.51. The first-order valence-corrected chi connectivity index (χ1v) is 16.9. The van der Waals surface area contributed by atoms with Gasteiger partial charge in [0.05, 0.1) is 4.92 Å². The fourth-order valence-electron chi connectivity index (χ4n) is 5.02. The Hall–Kier alpha value is -6.33. The Kier molecular flexibility index (Phi) is 15.9. The lowest BCUT2D eigenvalue weighted by molar-refractivity contribution is -0.384. The van der Waals surface area contributed by atoms with Crippen molar-refractivity contribution in [2.45, 2.75) is 71.1 Å². The van der Waals surface area contributed by atoms with E-state index < -0.39 is 35.0 Å². The predicted octanol–water partition coefficient (Wildman–Crippen LogP) is 2.41. The van der Waals surface area contributed by atoms with Crippen molar-refractivity contribution in [2.24, 2.45) is 22.4 Å². The number of unbranched alkanes of at least 4 members (excludes halogenated alkanes) is 2. The molecule has 7 N–H and O–H groups in total. The highest BCUT2D eigenvalue weighted by Gasteiger charge is 2.29. The third kappa shape index (κ3) is 14.1. The number of carbonyl (C=O) groups is 6. The molecular weight excluding hydrogens is 692 g/mol. The van der Waals surface area contributed by atoms with Gasteiger partial charge in [-0.25, -0.2) is 4.79 Å². The van der Waals surface area contributed by atoms with Gasteiger partial charge in [-0.2, -0.15) is 0 Å². The van der Waals surface area contributed by atoms with E-state index in [9.17, 15) is 38.9 Å². The summed E-state index contributed by atoms with van der Waals surface area (Å²) in [5, 5.41) is 19.0. The largest absolute Gasteiger partial charge is 0.514 e. The van der Waals surface area contributed by atoms with Gasteiger partial charge in [-0.05, 0) is 61.4 Å². The van der Waals surface area contributed by atoms with Crippen LogP contribution in [0.25, 0.3) is 0 Å².